The molecule has 70 valence electrons. The van der Waals surface area contributed by atoms with Crippen molar-refractivity contribution in [2.24, 2.45) is 0 Å². The first kappa shape index (κ1) is 11.5. The molecule has 0 nitrogen and oxygen atoms in total. The minimum absolute atomic E-state index is 1.15. The minimum atomic E-state index is 1.15. The Labute approximate surface area is 77.4 Å². The van der Waals surface area contributed by atoms with E-state index in [1.54, 1.807) is 0 Å². The van der Waals surface area contributed by atoms with Crippen LogP contribution in [-0.4, -0.2) is 0 Å². The van der Waals surface area contributed by atoms with Crippen LogP contribution in [-0.2, 0) is 0 Å². The second-order valence-corrected chi connectivity index (χ2v) is 3.09. The molecule has 0 unspecified atom stereocenters. The van der Waals surface area contributed by atoms with E-state index < -0.39 is 0 Å². The molecule has 0 radical (unpaired) electrons. The molecule has 0 N–H and O–H groups in total. The van der Waals surface area contributed by atoms with E-state index in [9.17, 15) is 0 Å². The lowest BCUT2D eigenvalue weighted by Gasteiger charge is -1.95. The van der Waals surface area contributed by atoms with Gasteiger partial charge in [-0.15, -0.1) is 0 Å². The van der Waals surface area contributed by atoms with Crippen LogP contribution in [0.4, 0.5) is 0 Å². The van der Waals surface area contributed by atoms with Crippen LogP contribution in [0.15, 0.2) is 23.8 Å². The summed E-state index contributed by atoms with van der Waals surface area (Å²) in [7, 11) is 0. The van der Waals surface area contributed by atoms with Crippen molar-refractivity contribution in [3.05, 3.63) is 23.8 Å². The summed E-state index contributed by atoms with van der Waals surface area (Å²) in [4.78, 5) is 0. The fourth-order valence-electron chi connectivity index (χ4n) is 1.15. The van der Waals surface area contributed by atoms with E-state index in [1.807, 2.05) is 0 Å². The van der Waals surface area contributed by atoms with Crippen molar-refractivity contribution in [2.75, 3.05) is 0 Å². The third-order valence-electron chi connectivity index (χ3n) is 1.93. The summed E-state index contributed by atoms with van der Waals surface area (Å²) in [6, 6.07) is 0. The van der Waals surface area contributed by atoms with Crippen LogP contribution >= 0.6 is 0 Å². The Morgan fingerprint density at radius 3 is 2.42 bits per heavy atom. The van der Waals surface area contributed by atoms with E-state index in [2.05, 4.69) is 39.0 Å². The molecular formula is C12H22. The molecule has 0 aliphatic rings. The number of rotatable bonds is 6. The maximum atomic E-state index is 2.31. The van der Waals surface area contributed by atoms with Gasteiger partial charge < -0.3 is 0 Å². The Morgan fingerprint density at radius 1 is 1.17 bits per heavy atom. The van der Waals surface area contributed by atoms with E-state index in [4.69, 9.17) is 0 Å². The van der Waals surface area contributed by atoms with Gasteiger partial charge in [0, 0.05) is 0 Å². The Morgan fingerprint density at radius 2 is 1.92 bits per heavy atom. The van der Waals surface area contributed by atoms with Gasteiger partial charge in [-0.3, -0.25) is 0 Å². The maximum absolute atomic E-state index is 2.31. The van der Waals surface area contributed by atoms with Crippen LogP contribution in [0.25, 0.3) is 0 Å². The second-order valence-electron chi connectivity index (χ2n) is 3.09. The summed E-state index contributed by atoms with van der Waals surface area (Å²) in [5, 5.41) is 0. The normalized spacial score (nSPS) is 12.8. The molecule has 0 rings (SSSR count). The molecule has 0 aliphatic heterocycles. The SMILES string of the molecule is CCC=C(C=CCCCC)CC. The summed E-state index contributed by atoms with van der Waals surface area (Å²) < 4.78 is 0. The molecular weight excluding hydrogens is 144 g/mol. The third-order valence-corrected chi connectivity index (χ3v) is 1.93. The van der Waals surface area contributed by atoms with Gasteiger partial charge in [0.15, 0.2) is 0 Å². The number of allylic oxidation sites excluding steroid dienone is 4. The molecule has 0 aromatic carbocycles. The van der Waals surface area contributed by atoms with Crippen molar-refractivity contribution in [1.82, 2.24) is 0 Å². The van der Waals surface area contributed by atoms with Crippen LogP contribution < -0.4 is 0 Å². The highest BCUT2D eigenvalue weighted by molar-refractivity contribution is 5.17. The molecule has 0 aromatic heterocycles. The van der Waals surface area contributed by atoms with Crippen LogP contribution in [0, 0.1) is 0 Å². The summed E-state index contributed by atoms with van der Waals surface area (Å²) in [5.41, 5.74) is 1.48. The fraction of sp³-hybridized carbons (Fsp3) is 0.667. The van der Waals surface area contributed by atoms with E-state index >= 15 is 0 Å². The monoisotopic (exact) mass is 166 g/mol. The average Bonchev–Trinajstić information content (AvgIpc) is 2.10. The van der Waals surface area contributed by atoms with Gasteiger partial charge in [-0.1, -0.05) is 57.4 Å². The number of hydrogen-bond acceptors (Lipinski definition) is 0. The standard InChI is InChI=1S/C12H22/c1-4-7-8-9-11-12(6-3)10-5-2/h9-11H,4-8H2,1-3H3. The number of hydrogen-bond donors (Lipinski definition) is 0. The van der Waals surface area contributed by atoms with Gasteiger partial charge in [0.25, 0.3) is 0 Å². The van der Waals surface area contributed by atoms with Gasteiger partial charge in [0.2, 0.25) is 0 Å². The maximum Gasteiger partial charge on any atom is -0.0311 e. The summed E-state index contributed by atoms with van der Waals surface area (Å²) in [5.74, 6) is 0. The first-order valence-electron chi connectivity index (χ1n) is 5.20. The molecule has 0 heterocycles. The van der Waals surface area contributed by atoms with Crippen LogP contribution in [0.2, 0.25) is 0 Å². The fourth-order valence-corrected chi connectivity index (χ4v) is 1.15. The lowest BCUT2D eigenvalue weighted by atomic mass is 10.1. The highest BCUT2D eigenvalue weighted by atomic mass is 13.9. The predicted molar refractivity (Wildman–Crippen MR) is 57.3 cm³/mol. The zero-order valence-electron chi connectivity index (χ0n) is 8.77. The Balaban J connectivity index is 3.69. The number of unbranched alkanes of at least 4 members (excludes halogenated alkanes) is 2. The van der Waals surface area contributed by atoms with Crippen molar-refractivity contribution in [2.45, 2.75) is 52.9 Å². The summed E-state index contributed by atoms with van der Waals surface area (Å²) >= 11 is 0. The molecule has 0 aliphatic carbocycles. The molecule has 0 bridgehead atoms. The van der Waals surface area contributed by atoms with Gasteiger partial charge in [0.05, 0.1) is 0 Å². The summed E-state index contributed by atoms with van der Waals surface area (Å²) in [6.07, 6.45) is 13.0. The lowest BCUT2D eigenvalue weighted by Crippen LogP contribution is -1.74. The molecule has 0 atom stereocenters. The van der Waals surface area contributed by atoms with Crippen molar-refractivity contribution in [3.8, 4) is 0 Å². The van der Waals surface area contributed by atoms with Gasteiger partial charge in [0.1, 0.15) is 0 Å². The van der Waals surface area contributed by atoms with Gasteiger partial charge >= 0.3 is 0 Å². The van der Waals surface area contributed by atoms with Gasteiger partial charge in [-0.2, -0.15) is 0 Å². The molecule has 0 saturated heterocycles. The first-order chi connectivity index (χ1) is 5.85. The molecule has 0 fully saturated rings. The topological polar surface area (TPSA) is 0 Å². The van der Waals surface area contributed by atoms with Crippen LogP contribution in [0.1, 0.15) is 52.9 Å². The first-order valence-corrected chi connectivity index (χ1v) is 5.20. The Kier molecular flexibility index (Phi) is 8.20. The molecule has 0 aromatic rings. The molecule has 0 amide bonds. The third kappa shape index (κ3) is 6.21. The van der Waals surface area contributed by atoms with E-state index in [0.29, 0.717) is 0 Å². The zero-order valence-corrected chi connectivity index (χ0v) is 8.77. The van der Waals surface area contributed by atoms with Crippen LogP contribution in [0.3, 0.4) is 0 Å². The lowest BCUT2D eigenvalue weighted by molar-refractivity contribution is 0.814. The summed E-state index contributed by atoms with van der Waals surface area (Å²) in [6.45, 7) is 6.64. The van der Waals surface area contributed by atoms with Crippen LogP contribution in [0.5, 0.6) is 0 Å². The van der Waals surface area contributed by atoms with Crippen molar-refractivity contribution in [1.29, 1.82) is 0 Å². The zero-order chi connectivity index (χ0) is 9.23. The van der Waals surface area contributed by atoms with Crippen molar-refractivity contribution < 1.29 is 0 Å². The molecule has 0 spiro atoms. The molecule has 12 heavy (non-hydrogen) atoms. The second kappa shape index (κ2) is 8.58. The Hall–Kier alpha value is -0.520. The highest BCUT2D eigenvalue weighted by Gasteiger charge is 1.85. The Bertz CT molecular complexity index is 140. The quantitative estimate of drug-likeness (QED) is 0.403. The predicted octanol–water partition coefficient (Wildman–Crippen LogP) is 4.48. The van der Waals surface area contributed by atoms with E-state index in [0.717, 1.165) is 12.8 Å². The van der Waals surface area contributed by atoms with Gasteiger partial charge in [-0.05, 0) is 19.3 Å². The van der Waals surface area contributed by atoms with E-state index in [-0.39, 0.29) is 0 Å². The van der Waals surface area contributed by atoms with Crippen molar-refractivity contribution in [3.63, 3.8) is 0 Å². The van der Waals surface area contributed by atoms with Crippen molar-refractivity contribution >= 4 is 0 Å². The smallest absolute Gasteiger partial charge is 0.0311 e. The molecule has 0 saturated carbocycles. The highest BCUT2D eigenvalue weighted by Crippen LogP contribution is 2.05. The van der Waals surface area contributed by atoms with E-state index in [1.165, 1.54) is 24.8 Å². The molecule has 0 heteroatoms. The average molecular weight is 166 g/mol. The largest absolute Gasteiger partial charge is 0.0843 e. The van der Waals surface area contributed by atoms with Gasteiger partial charge in [-0.25, -0.2) is 0 Å². The minimum Gasteiger partial charge on any atom is -0.0843 e.